The lowest BCUT2D eigenvalue weighted by Gasteiger charge is -2.27. The molecule has 15 heteroatoms. The standard InChI is InChI=1S/C26H24FN5O6S3/c1-37-15-16-7-9-17(10-8-16)18-11-12-21-22(13-18)39-25(29-21)26(41(2,35)36,19-5-3-4-6-20(19)27)24-31-30-23(38-24)14-28-32-40(33)34/h3-13,28,40H,14-15H2,1-2H3,(H,32,33,34). The summed E-state index contributed by atoms with van der Waals surface area (Å²) in [5, 5.41) is 7.86. The number of methoxy groups -OCH3 is 1. The van der Waals surface area contributed by atoms with Crippen molar-refractivity contribution in [3.8, 4) is 11.1 Å². The summed E-state index contributed by atoms with van der Waals surface area (Å²) in [5.41, 5.74) is 5.46. The number of halogens is 1. The molecule has 1 atom stereocenters. The van der Waals surface area contributed by atoms with Gasteiger partial charge in [-0.3, -0.25) is 0 Å². The molecule has 0 aliphatic rings. The molecule has 0 radical (unpaired) electrons. The van der Waals surface area contributed by atoms with Gasteiger partial charge in [0.2, 0.25) is 27.4 Å². The molecule has 0 amide bonds. The number of thiol groups is 1. The first kappa shape index (κ1) is 28.9. The number of fused-ring (bicyclic) bond motifs is 1. The fraction of sp³-hybridized carbons (Fsp3) is 0.192. The van der Waals surface area contributed by atoms with E-state index >= 15 is 4.39 Å². The zero-order valence-corrected chi connectivity index (χ0v) is 24.2. The van der Waals surface area contributed by atoms with E-state index in [1.807, 2.05) is 41.2 Å². The maximum Gasteiger partial charge on any atom is 0.249 e. The van der Waals surface area contributed by atoms with Gasteiger partial charge >= 0.3 is 0 Å². The van der Waals surface area contributed by atoms with E-state index in [1.165, 1.54) is 18.2 Å². The van der Waals surface area contributed by atoms with Gasteiger partial charge < -0.3 is 9.15 Å². The lowest BCUT2D eigenvalue weighted by Crippen LogP contribution is -2.39. The first-order valence-electron chi connectivity index (χ1n) is 12.0. The van der Waals surface area contributed by atoms with Crippen LogP contribution in [-0.2, 0) is 43.4 Å². The number of aromatic nitrogens is 3. The average Bonchev–Trinajstić information content (AvgIpc) is 3.57. The van der Waals surface area contributed by atoms with Crippen LogP contribution in [0.1, 0.15) is 27.9 Å². The molecular weight excluding hydrogens is 594 g/mol. The second-order valence-electron chi connectivity index (χ2n) is 8.99. The molecule has 0 aliphatic heterocycles. The van der Waals surface area contributed by atoms with Crippen molar-refractivity contribution in [2.75, 3.05) is 13.4 Å². The number of nitrogens with zero attached hydrogens (tertiary/aromatic N) is 3. The summed E-state index contributed by atoms with van der Waals surface area (Å²) >= 11 is 1.07. The number of thiazole rings is 1. The Kier molecular flexibility index (Phi) is 8.26. The highest BCUT2D eigenvalue weighted by Crippen LogP contribution is 2.47. The highest BCUT2D eigenvalue weighted by molar-refractivity contribution is 7.92. The second kappa shape index (κ2) is 11.7. The Labute approximate surface area is 240 Å². The van der Waals surface area contributed by atoms with E-state index in [9.17, 15) is 16.8 Å². The third-order valence-corrected chi connectivity index (χ3v) is 9.58. The molecule has 1 unspecified atom stereocenters. The van der Waals surface area contributed by atoms with E-state index in [2.05, 4.69) is 20.6 Å². The van der Waals surface area contributed by atoms with Crippen molar-refractivity contribution in [1.82, 2.24) is 25.4 Å². The SMILES string of the molecule is COCc1ccc(-c2ccc3nc(C(c4nnc(CNN[SH](=O)=O)o4)(c4ccccc4F)S(C)(=O)=O)sc3c2)cc1. The highest BCUT2D eigenvalue weighted by Gasteiger charge is 2.55. The summed E-state index contributed by atoms with van der Waals surface area (Å²) in [6.45, 7) is 0.240. The Hall–Kier alpha value is -3.60. The van der Waals surface area contributed by atoms with E-state index in [-0.39, 0.29) is 23.0 Å². The number of benzene rings is 3. The van der Waals surface area contributed by atoms with Crippen molar-refractivity contribution in [2.24, 2.45) is 0 Å². The van der Waals surface area contributed by atoms with Crippen molar-refractivity contribution in [1.29, 1.82) is 0 Å². The Morgan fingerprint density at radius 1 is 1.05 bits per heavy atom. The monoisotopic (exact) mass is 617 g/mol. The Morgan fingerprint density at radius 2 is 1.78 bits per heavy atom. The molecule has 2 aromatic heterocycles. The minimum absolute atomic E-state index is 0.0108. The van der Waals surface area contributed by atoms with Crippen LogP contribution in [0.5, 0.6) is 0 Å². The minimum Gasteiger partial charge on any atom is -0.421 e. The van der Waals surface area contributed by atoms with Crippen LogP contribution in [0.15, 0.2) is 71.1 Å². The quantitative estimate of drug-likeness (QED) is 0.149. The molecule has 0 aliphatic carbocycles. The van der Waals surface area contributed by atoms with Crippen molar-refractivity contribution in [3.63, 3.8) is 0 Å². The van der Waals surface area contributed by atoms with Crippen LogP contribution in [0.2, 0.25) is 0 Å². The molecule has 5 rings (SSSR count). The molecule has 11 nitrogen and oxygen atoms in total. The third-order valence-electron chi connectivity index (χ3n) is 6.28. The molecular formula is C26H24FN5O6S3. The van der Waals surface area contributed by atoms with Crippen LogP contribution in [0.4, 0.5) is 4.39 Å². The summed E-state index contributed by atoms with van der Waals surface area (Å²) < 4.78 is 73.8. The first-order chi connectivity index (χ1) is 19.6. The molecule has 214 valence electrons. The smallest absolute Gasteiger partial charge is 0.249 e. The number of hydrogen-bond donors (Lipinski definition) is 3. The van der Waals surface area contributed by atoms with E-state index in [0.717, 1.165) is 40.3 Å². The summed E-state index contributed by atoms with van der Waals surface area (Å²) in [5.74, 6) is -1.37. The summed E-state index contributed by atoms with van der Waals surface area (Å²) in [4.78, 5) is 6.61. The molecule has 2 heterocycles. The Balaban J connectivity index is 1.67. The lowest BCUT2D eigenvalue weighted by molar-refractivity contribution is 0.185. The van der Waals surface area contributed by atoms with Gasteiger partial charge in [-0.05, 0) is 34.9 Å². The number of rotatable bonds is 11. The van der Waals surface area contributed by atoms with Crippen LogP contribution < -0.4 is 10.3 Å². The van der Waals surface area contributed by atoms with Crippen molar-refractivity contribution in [3.05, 3.63) is 100 Å². The molecule has 0 saturated heterocycles. The van der Waals surface area contributed by atoms with Gasteiger partial charge in [0, 0.05) is 18.9 Å². The normalized spacial score (nSPS) is 13.6. The van der Waals surface area contributed by atoms with E-state index in [4.69, 9.17) is 9.15 Å². The predicted molar refractivity (Wildman–Crippen MR) is 151 cm³/mol. The van der Waals surface area contributed by atoms with Crippen LogP contribution in [0.25, 0.3) is 21.3 Å². The first-order valence-corrected chi connectivity index (χ1v) is 15.9. The van der Waals surface area contributed by atoms with Gasteiger partial charge in [-0.1, -0.05) is 48.5 Å². The van der Waals surface area contributed by atoms with Gasteiger partial charge in [-0.2, -0.15) is 4.83 Å². The third kappa shape index (κ3) is 5.64. The van der Waals surface area contributed by atoms with Crippen LogP contribution in [-0.4, -0.2) is 45.4 Å². The van der Waals surface area contributed by atoms with E-state index in [1.54, 1.807) is 13.2 Å². The van der Waals surface area contributed by atoms with Crippen LogP contribution in [0, 0.1) is 5.82 Å². The average molecular weight is 618 g/mol. The predicted octanol–water partition coefficient (Wildman–Crippen LogP) is 3.09. The molecule has 2 N–H and O–H groups in total. The Morgan fingerprint density at radius 3 is 2.46 bits per heavy atom. The summed E-state index contributed by atoms with van der Waals surface area (Å²) in [6, 6.07) is 18.8. The van der Waals surface area contributed by atoms with Gasteiger partial charge in [0.15, 0.2) is 9.84 Å². The van der Waals surface area contributed by atoms with Crippen molar-refractivity contribution >= 4 is 42.3 Å². The maximum absolute atomic E-state index is 15.4. The second-order valence-corrected chi connectivity index (χ2v) is 12.9. The topological polar surface area (TPSA) is 153 Å². The van der Waals surface area contributed by atoms with E-state index < -0.39 is 37.2 Å². The van der Waals surface area contributed by atoms with E-state index in [0.29, 0.717) is 16.8 Å². The molecule has 0 saturated carbocycles. The van der Waals surface area contributed by atoms with Crippen molar-refractivity contribution < 1.29 is 30.4 Å². The van der Waals surface area contributed by atoms with Crippen LogP contribution in [0.3, 0.4) is 0 Å². The van der Waals surface area contributed by atoms with Crippen molar-refractivity contribution in [2.45, 2.75) is 17.9 Å². The molecule has 41 heavy (non-hydrogen) atoms. The fourth-order valence-electron chi connectivity index (χ4n) is 4.45. The Bertz CT molecular complexity index is 1880. The van der Waals surface area contributed by atoms with Gasteiger partial charge in [-0.25, -0.2) is 31.6 Å². The molecule has 5 aromatic rings. The van der Waals surface area contributed by atoms with Gasteiger partial charge in [0.25, 0.3) is 0 Å². The molecule has 0 bridgehead atoms. The molecule has 0 fully saturated rings. The number of hydrazine groups is 1. The minimum atomic E-state index is -4.28. The fourth-order valence-corrected chi connectivity index (χ4v) is 7.66. The van der Waals surface area contributed by atoms with Gasteiger partial charge in [0.05, 0.1) is 23.4 Å². The summed E-state index contributed by atoms with van der Waals surface area (Å²) in [7, 11) is -5.61. The highest BCUT2D eigenvalue weighted by atomic mass is 32.2. The molecule has 3 aromatic carbocycles. The largest absolute Gasteiger partial charge is 0.421 e. The lowest BCUT2D eigenvalue weighted by atomic mass is 9.97. The molecule has 0 spiro atoms. The number of sulfone groups is 1. The number of hydrogen-bond acceptors (Lipinski definition) is 11. The zero-order valence-electron chi connectivity index (χ0n) is 21.7. The van der Waals surface area contributed by atoms with Gasteiger partial charge in [-0.15, -0.1) is 21.5 Å². The maximum atomic E-state index is 15.4. The number of ether oxygens (including phenoxy) is 1. The summed E-state index contributed by atoms with van der Waals surface area (Å²) in [6.07, 6.45) is 0.949. The number of nitrogens with one attached hydrogen (secondary N) is 2. The van der Waals surface area contributed by atoms with Gasteiger partial charge in [0.1, 0.15) is 10.8 Å². The van der Waals surface area contributed by atoms with Crippen LogP contribution >= 0.6 is 11.3 Å². The zero-order chi connectivity index (χ0) is 29.2.